The lowest BCUT2D eigenvalue weighted by Gasteiger charge is -2.21. The molecule has 1 aromatic heterocycles. The van der Waals surface area contributed by atoms with E-state index in [1.165, 1.54) is 31.2 Å². The molecule has 0 saturated heterocycles. The van der Waals surface area contributed by atoms with Crippen molar-refractivity contribution in [3.8, 4) is 0 Å². The Kier molecular flexibility index (Phi) is 6.46. The van der Waals surface area contributed by atoms with Gasteiger partial charge in [-0.1, -0.05) is 30.3 Å². The predicted octanol–water partition coefficient (Wildman–Crippen LogP) is 1.57. The standard InChI is InChI=1S/C22H23FN4O3/c1-13(28)26-20(10-14-6-8-16(23)9-7-14)22(30)27-19(21(24)29)11-15-12-25-18-5-3-2-4-17(15)18/h2-9,12,19-20,25H,10-11H2,1H3,(H2,24,29)(H,26,28)(H,27,30)/t19-,20-/m1/s1. The summed E-state index contributed by atoms with van der Waals surface area (Å²) in [6.45, 7) is 1.29. The maximum Gasteiger partial charge on any atom is 0.243 e. The molecule has 0 bridgehead atoms. The smallest absolute Gasteiger partial charge is 0.243 e. The van der Waals surface area contributed by atoms with E-state index in [9.17, 15) is 18.8 Å². The number of carbonyl (C=O) groups excluding carboxylic acids is 3. The van der Waals surface area contributed by atoms with Crippen LogP contribution in [0.25, 0.3) is 10.9 Å². The number of H-pyrrole nitrogens is 1. The van der Waals surface area contributed by atoms with Gasteiger partial charge < -0.3 is 21.4 Å². The molecule has 3 rings (SSSR count). The van der Waals surface area contributed by atoms with Crippen LogP contribution in [-0.2, 0) is 27.2 Å². The number of para-hydroxylation sites is 1. The molecule has 156 valence electrons. The molecule has 5 N–H and O–H groups in total. The molecule has 8 heteroatoms. The van der Waals surface area contributed by atoms with Crippen LogP contribution < -0.4 is 16.4 Å². The largest absolute Gasteiger partial charge is 0.368 e. The van der Waals surface area contributed by atoms with Crippen molar-refractivity contribution in [3.63, 3.8) is 0 Å². The number of hydrogen-bond donors (Lipinski definition) is 4. The molecule has 1 heterocycles. The minimum atomic E-state index is -0.957. The van der Waals surface area contributed by atoms with Gasteiger partial charge in [-0.3, -0.25) is 14.4 Å². The lowest BCUT2D eigenvalue weighted by molar-refractivity contribution is -0.130. The van der Waals surface area contributed by atoms with E-state index in [-0.39, 0.29) is 12.8 Å². The van der Waals surface area contributed by atoms with Crippen LogP contribution in [0.5, 0.6) is 0 Å². The van der Waals surface area contributed by atoms with Crippen molar-refractivity contribution in [1.82, 2.24) is 15.6 Å². The van der Waals surface area contributed by atoms with E-state index in [0.717, 1.165) is 16.5 Å². The minimum absolute atomic E-state index is 0.143. The molecule has 0 spiro atoms. The Bertz CT molecular complexity index is 1060. The average Bonchev–Trinajstić information content (AvgIpc) is 3.11. The number of halogens is 1. The highest BCUT2D eigenvalue weighted by Gasteiger charge is 2.26. The van der Waals surface area contributed by atoms with Crippen molar-refractivity contribution in [1.29, 1.82) is 0 Å². The Labute approximate surface area is 172 Å². The van der Waals surface area contributed by atoms with Gasteiger partial charge in [0.05, 0.1) is 0 Å². The highest BCUT2D eigenvalue weighted by Crippen LogP contribution is 2.19. The van der Waals surface area contributed by atoms with Gasteiger partial charge in [-0.25, -0.2) is 4.39 Å². The van der Waals surface area contributed by atoms with Crippen molar-refractivity contribution in [3.05, 3.63) is 71.7 Å². The van der Waals surface area contributed by atoms with Crippen LogP contribution in [0.15, 0.2) is 54.7 Å². The van der Waals surface area contributed by atoms with Crippen LogP contribution in [0, 0.1) is 5.82 Å². The molecule has 0 saturated carbocycles. The Balaban J connectivity index is 1.75. The van der Waals surface area contributed by atoms with E-state index in [0.29, 0.717) is 5.56 Å². The first-order valence-electron chi connectivity index (χ1n) is 9.49. The summed E-state index contributed by atoms with van der Waals surface area (Å²) >= 11 is 0. The van der Waals surface area contributed by atoms with Gasteiger partial charge in [-0.2, -0.15) is 0 Å². The van der Waals surface area contributed by atoms with Gasteiger partial charge >= 0.3 is 0 Å². The quantitative estimate of drug-likeness (QED) is 0.451. The van der Waals surface area contributed by atoms with Gasteiger partial charge in [0.25, 0.3) is 0 Å². The third-order valence-electron chi connectivity index (χ3n) is 4.81. The number of amides is 3. The molecular weight excluding hydrogens is 387 g/mol. The summed E-state index contributed by atoms with van der Waals surface area (Å²) in [6, 6.07) is 11.3. The van der Waals surface area contributed by atoms with E-state index in [2.05, 4.69) is 15.6 Å². The summed E-state index contributed by atoms with van der Waals surface area (Å²) in [6.07, 6.45) is 2.12. The fraction of sp³-hybridized carbons (Fsp3) is 0.227. The van der Waals surface area contributed by atoms with Crippen molar-refractivity contribution in [2.75, 3.05) is 0 Å². The Morgan fingerprint density at radius 1 is 1.00 bits per heavy atom. The van der Waals surface area contributed by atoms with Crippen LogP contribution in [0.1, 0.15) is 18.1 Å². The molecule has 0 aliphatic carbocycles. The molecule has 3 amide bonds. The minimum Gasteiger partial charge on any atom is -0.368 e. The van der Waals surface area contributed by atoms with E-state index in [4.69, 9.17) is 5.73 Å². The molecule has 7 nitrogen and oxygen atoms in total. The number of benzene rings is 2. The topological polar surface area (TPSA) is 117 Å². The number of primary amides is 1. The number of nitrogens with two attached hydrogens (primary N) is 1. The Morgan fingerprint density at radius 3 is 2.37 bits per heavy atom. The highest BCUT2D eigenvalue weighted by molar-refractivity contribution is 5.92. The first kappa shape index (κ1) is 21.0. The van der Waals surface area contributed by atoms with E-state index < -0.39 is 35.6 Å². The summed E-state index contributed by atoms with van der Waals surface area (Å²) < 4.78 is 13.1. The second kappa shape index (κ2) is 9.21. The molecule has 0 radical (unpaired) electrons. The fourth-order valence-electron chi connectivity index (χ4n) is 3.33. The molecule has 2 atom stereocenters. The molecule has 2 aromatic carbocycles. The zero-order valence-electron chi connectivity index (χ0n) is 16.4. The van der Waals surface area contributed by atoms with Crippen LogP contribution in [0.3, 0.4) is 0 Å². The molecule has 0 unspecified atom stereocenters. The predicted molar refractivity (Wildman–Crippen MR) is 111 cm³/mol. The van der Waals surface area contributed by atoms with Gasteiger partial charge in [0.2, 0.25) is 17.7 Å². The first-order chi connectivity index (χ1) is 14.3. The maximum atomic E-state index is 13.1. The van der Waals surface area contributed by atoms with E-state index in [1.54, 1.807) is 6.20 Å². The summed E-state index contributed by atoms with van der Waals surface area (Å²) in [4.78, 5) is 39.5. The Hall–Kier alpha value is -3.68. The van der Waals surface area contributed by atoms with Crippen LogP contribution >= 0.6 is 0 Å². The number of aromatic amines is 1. The highest BCUT2D eigenvalue weighted by atomic mass is 19.1. The van der Waals surface area contributed by atoms with Crippen LogP contribution in [0.2, 0.25) is 0 Å². The second-order valence-electron chi connectivity index (χ2n) is 7.11. The van der Waals surface area contributed by atoms with Gasteiger partial charge in [0.15, 0.2) is 0 Å². The monoisotopic (exact) mass is 410 g/mol. The maximum absolute atomic E-state index is 13.1. The average molecular weight is 410 g/mol. The molecular formula is C22H23FN4O3. The number of fused-ring (bicyclic) bond motifs is 1. The van der Waals surface area contributed by atoms with Crippen molar-refractivity contribution in [2.45, 2.75) is 31.8 Å². The van der Waals surface area contributed by atoms with Gasteiger partial charge in [0, 0.05) is 36.9 Å². The Morgan fingerprint density at radius 2 is 1.70 bits per heavy atom. The third kappa shape index (κ3) is 5.22. The number of carbonyl (C=O) groups is 3. The first-order valence-corrected chi connectivity index (χ1v) is 9.49. The van der Waals surface area contributed by atoms with Gasteiger partial charge in [-0.15, -0.1) is 0 Å². The summed E-state index contributed by atoms with van der Waals surface area (Å²) in [5.41, 5.74) is 7.94. The normalized spacial score (nSPS) is 12.9. The van der Waals surface area contributed by atoms with Gasteiger partial charge in [0.1, 0.15) is 17.9 Å². The van der Waals surface area contributed by atoms with Crippen molar-refractivity contribution >= 4 is 28.6 Å². The molecule has 3 aromatic rings. The lowest BCUT2D eigenvalue weighted by atomic mass is 10.0. The SMILES string of the molecule is CC(=O)N[C@H](Cc1ccc(F)cc1)C(=O)N[C@H](Cc1c[nH]c2ccccc12)C(N)=O. The van der Waals surface area contributed by atoms with Crippen LogP contribution in [-0.4, -0.2) is 34.8 Å². The molecule has 0 aliphatic heterocycles. The second-order valence-corrected chi connectivity index (χ2v) is 7.11. The van der Waals surface area contributed by atoms with Crippen LogP contribution in [0.4, 0.5) is 4.39 Å². The van der Waals surface area contributed by atoms with Crippen molar-refractivity contribution in [2.24, 2.45) is 5.73 Å². The van der Waals surface area contributed by atoms with Crippen molar-refractivity contribution < 1.29 is 18.8 Å². The number of aromatic nitrogens is 1. The van der Waals surface area contributed by atoms with E-state index in [1.807, 2.05) is 24.3 Å². The summed E-state index contributed by atoms with van der Waals surface area (Å²) in [5, 5.41) is 6.15. The third-order valence-corrected chi connectivity index (χ3v) is 4.81. The number of hydrogen-bond acceptors (Lipinski definition) is 3. The molecule has 30 heavy (non-hydrogen) atoms. The molecule has 0 aliphatic rings. The molecule has 0 fully saturated rings. The zero-order chi connectivity index (χ0) is 21.7. The van der Waals surface area contributed by atoms with Gasteiger partial charge in [-0.05, 0) is 29.3 Å². The number of nitrogens with one attached hydrogen (secondary N) is 3. The number of rotatable bonds is 8. The summed E-state index contributed by atoms with van der Waals surface area (Å²) in [7, 11) is 0. The van der Waals surface area contributed by atoms with E-state index >= 15 is 0 Å². The lowest BCUT2D eigenvalue weighted by Crippen LogP contribution is -2.54. The fourth-order valence-corrected chi connectivity index (χ4v) is 3.33. The summed E-state index contributed by atoms with van der Waals surface area (Å²) in [5.74, 6) is -2.02. The zero-order valence-corrected chi connectivity index (χ0v) is 16.4.